The van der Waals surface area contributed by atoms with Crippen LogP contribution in [-0.4, -0.2) is 33.2 Å². The zero-order valence-electron chi connectivity index (χ0n) is 16.2. The molecule has 1 aromatic carbocycles. The fourth-order valence-corrected chi connectivity index (χ4v) is 4.53. The summed E-state index contributed by atoms with van der Waals surface area (Å²) in [5.41, 5.74) is 1.42. The SMILES string of the molecule is Cc1nc(-c2cccs2)sc1C(=O)OCC(=O)Nc1c(C#N)cnn1-c1ccccc1. The van der Waals surface area contributed by atoms with Crippen LogP contribution in [0.1, 0.15) is 20.9 Å². The van der Waals surface area contributed by atoms with Crippen molar-refractivity contribution in [1.82, 2.24) is 14.8 Å². The second kappa shape index (κ2) is 8.91. The van der Waals surface area contributed by atoms with E-state index >= 15 is 0 Å². The van der Waals surface area contributed by atoms with Gasteiger partial charge in [-0.1, -0.05) is 24.3 Å². The number of aryl methyl sites for hydroxylation is 1. The third-order valence-electron chi connectivity index (χ3n) is 4.20. The van der Waals surface area contributed by atoms with Gasteiger partial charge >= 0.3 is 5.97 Å². The average molecular weight is 450 g/mol. The Bertz CT molecular complexity index is 1270. The largest absolute Gasteiger partial charge is 0.451 e. The Morgan fingerprint density at radius 2 is 2.03 bits per heavy atom. The molecule has 0 aliphatic rings. The maximum atomic E-state index is 12.5. The highest BCUT2D eigenvalue weighted by atomic mass is 32.1. The summed E-state index contributed by atoms with van der Waals surface area (Å²) < 4.78 is 6.62. The monoisotopic (exact) mass is 449 g/mol. The first-order valence-electron chi connectivity index (χ1n) is 9.08. The van der Waals surface area contributed by atoms with E-state index in [1.165, 1.54) is 33.6 Å². The molecule has 31 heavy (non-hydrogen) atoms. The molecule has 0 aliphatic heterocycles. The van der Waals surface area contributed by atoms with Crippen LogP contribution in [-0.2, 0) is 9.53 Å². The van der Waals surface area contributed by atoms with Gasteiger partial charge in [-0.3, -0.25) is 4.79 Å². The Hall–Kier alpha value is -3.81. The first-order chi connectivity index (χ1) is 15.1. The van der Waals surface area contributed by atoms with Crippen molar-refractivity contribution in [2.45, 2.75) is 6.92 Å². The van der Waals surface area contributed by atoms with Crippen LogP contribution in [0, 0.1) is 18.3 Å². The number of aromatic nitrogens is 3. The van der Waals surface area contributed by atoms with Gasteiger partial charge in [0.15, 0.2) is 12.4 Å². The normalized spacial score (nSPS) is 10.5. The molecule has 0 aliphatic carbocycles. The van der Waals surface area contributed by atoms with Gasteiger partial charge in [0.25, 0.3) is 5.91 Å². The number of thiazole rings is 1. The summed E-state index contributed by atoms with van der Waals surface area (Å²) in [6.45, 7) is 1.22. The minimum atomic E-state index is -0.620. The van der Waals surface area contributed by atoms with Crippen molar-refractivity contribution in [3.05, 3.63) is 70.2 Å². The van der Waals surface area contributed by atoms with Crippen LogP contribution in [0.5, 0.6) is 0 Å². The van der Waals surface area contributed by atoms with Crippen molar-refractivity contribution >= 4 is 40.4 Å². The van der Waals surface area contributed by atoms with Crippen LogP contribution < -0.4 is 5.32 Å². The zero-order chi connectivity index (χ0) is 21.8. The van der Waals surface area contributed by atoms with Crippen LogP contribution in [0.25, 0.3) is 15.6 Å². The third-order valence-corrected chi connectivity index (χ3v) is 6.37. The molecule has 1 amide bonds. The number of thiophene rings is 1. The summed E-state index contributed by atoms with van der Waals surface area (Å²) in [5, 5.41) is 18.8. The van der Waals surface area contributed by atoms with Gasteiger partial charge in [0.05, 0.1) is 22.5 Å². The molecular weight excluding hydrogens is 434 g/mol. The smallest absolute Gasteiger partial charge is 0.350 e. The number of hydrogen-bond donors (Lipinski definition) is 1. The Labute approximate surface area is 185 Å². The Morgan fingerprint density at radius 3 is 2.74 bits per heavy atom. The van der Waals surface area contributed by atoms with E-state index in [-0.39, 0.29) is 11.4 Å². The number of esters is 1. The summed E-state index contributed by atoms with van der Waals surface area (Å²) in [5.74, 6) is -0.989. The molecule has 0 atom stereocenters. The minimum Gasteiger partial charge on any atom is -0.451 e. The number of carbonyl (C=O) groups excluding carboxylic acids is 2. The predicted molar refractivity (Wildman–Crippen MR) is 117 cm³/mol. The lowest BCUT2D eigenvalue weighted by molar-refractivity contribution is -0.119. The van der Waals surface area contributed by atoms with Crippen LogP contribution in [0.15, 0.2) is 54.0 Å². The second-order valence-electron chi connectivity index (χ2n) is 6.30. The number of nitriles is 1. The van der Waals surface area contributed by atoms with Crippen molar-refractivity contribution in [3.8, 4) is 21.6 Å². The van der Waals surface area contributed by atoms with E-state index in [1.54, 1.807) is 19.1 Å². The lowest BCUT2D eigenvalue weighted by Crippen LogP contribution is -2.22. The van der Waals surface area contributed by atoms with Gasteiger partial charge in [-0.15, -0.1) is 22.7 Å². The third kappa shape index (κ3) is 4.37. The summed E-state index contributed by atoms with van der Waals surface area (Å²) in [6.07, 6.45) is 1.36. The molecule has 0 fully saturated rings. The lowest BCUT2D eigenvalue weighted by Gasteiger charge is -2.09. The minimum absolute atomic E-state index is 0.197. The van der Waals surface area contributed by atoms with Crippen molar-refractivity contribution in [2.24, 2.45) is 0 Å². The van der Waals surface area contributed by atoms with Crippen LogP contribution in [0.3, 0.4) is 0 Å². The summed E-state index contributed by atoms with van der Waals surface area (Å²) >= 11 is 2.75. The highest BCUT2D eigenvalue weighted by Crippen LogP contribution is 2.31. The highest BCUT2D eigenvalue weighted by molar-refractivity contribution is 7.22. The molecule has 10 heteroatoms. The van der Waals surface area contributed by atoms with Gasteiger partial charge in [-0.25, -0.2) is 14.5 Å². The molecule has 0 spiro atoms. The Kier molecular flexibility index (Phi) is 5.88. The van der Waals surface area contributed by atoms with Gasteiger partial charge in [0.2, 0.25) is 0 Å². The molecule has 3 aromatic heterocycles. The van der Waals surface area contributed by atoms with Crippen LogP contribution in [0.4, 0.5) is 5.82 Å². The van der Waals surface area contributed by atoms with E-state index in [0.29, 0.717) is 16.3 Å². The molecule has 4 rings (SSSR count). The van der Waals surface area contributed by atoms with E-state index in [2.05, 4.69) is 15.4 Å². The number of rotatable bonds is 6. The van der Waals surface area contributed by atoms with E-state index in [4.69, 9.17) is 4.74 Å². The van der Waals surface area contributed by atoms with E-state index in [1.807, 2.05) is 41.8 Å². The maximum Gasteiger partial charge on any atom is 0.350 e. The Morgan fingerprint density at radius 1 is 1.23 bits per heavy atom. The molecule has 8 nitrogen and oxygen atoms in total. The molecule has 0 radical (unpaired) electrons. The number of hydrogen-bond acceptors (Lipinski definition) is 8. The van der Waals surface area contributed by atoms with Crippen molar-refractivity contribution in [1.29, 1.82) is 5.26 Å². The standard InChI is InChI=1S/C21H15N5O3S2/c1-13-18(31-20(24-13)16-8-5-9-30-16)21(28)29-12-17(27)25-19-14(10-22)11-23-26(19)15-6-3-2-4-7-15/h2-9,11H,12H2,1H3,(H,25,27). The molecule has 4 aromatic rings. The number of carbonyl (C=O) groups is 2. The number of ether oxygens (including phenoxy) is 1. The van der Waals surface area contributed by atoms with E-state index < -0.39 is 18.5 Å². The summed E-state index contributed by atoms with van der Waals surface area (Å²) in [4.78, 5) is 30.6. The van der Waals surface area contributed by atoms with Gasteiger partial charge < -0.3 is 10.1 Å². The first-order valence-corrected chi connectivity index (χ1v) is 10.8. The van der Waals surface area contributed by atoms with E-state index in [9.17, 15) is 14.9 Å². The van der Waals surface area contributed by atoms with E-state index in [0.717, 1.165) is 9.88 Å². The molecule has 1 N–H and O–H groups in total. The van der Waals surface area contributed by atoms with Gasteiger partial charge in [0.1, 0.15) is 21.5 Å². The fraction of sp³-hybridized carbons (Fsp3) is 0.0952. The highest BCUT2D eigenvalue weighted by Gasteiger charge is 2.20. The molecule has 0 bridgehead atoms. The molecule has 0 saturated carbocycles. The van der Waals surface area contributed by atoms with Crippen molar-refractivity contribution in [3.63, 3.8) is 0 Å². The molecule has 3 heterocycles. The quantitative estimate of drug-likeness (QED) is 0.445. The van der Waals surface area contributed by atoms with Crippen LogP contribution >= 0.6 is 22.7 Å². The summed E-state index contributed by atoms with van der Waals surface area (Å²) in [6, 6.07) is 14.9. The number of para-hydroxylation sites is 1. The first kappa shape index (κ1) is 20.5. The number of nitrogens with zero attached hydrogens (tertiary/aromatic N) is 4. The predicted octanol–water partition coefficient (Wildman–Crippen LogP) is 4.03. The van der Waals surface area contributed by atoms with Gasteiger partial charge in [-0.05, 0) is 30.5 Å². The number of benzene rings is 1. The number of nitrogens with one attached hydrogen (secondary N) is 1. The fourth-order valence-electron chi connectivity index (χ4n) is 2.77. The van der Waals surface area contributed by atoms with Crippen molar-refractivity contribution < 1.29 is 14.3 Å². The number of anilines is 1. The number of amides is 1. The molecule has 0 saturated heterocycles. The molecule has 0 unspecified atom stereocenters. The average Bonchev–Trinajstić information content (AvgIpc) is 3.52. The second-order valence-corrected chi connectivity index (χ2v) is 8.25. The van der Waals surface area contributed by atoms with Gasteiger partial charge in [0, 0.05) is 0 Å². The summed E-state index contributed by atoms with van der Waals surface area (Å²) in [7, 11) is 0. The topological polar surface area (TPSA) is 110 Å². The Balaban J connectivity index is 1.44. The van der Waals surface area contributed by atoms with Crippen LogP contribution in [0.2, 0.25) is 0 Å². The maximum absolute atomic E-state index is 12.5. The van der Waals surface area contributed by atoms with Crippen molar-refractivity contribution in [2.75, 3.05) is 11.9 Å². The molecule has 154 valence electrons. The lowest BCUT2D eigenvalue weighted by atomic mass is 10.3. The zero-order valence-corrected chi connectivity index (χ0v) is 17.9. The molecular formula is C21H15N5O3S2. The van der Waals surface area contributed by atoms with Gasteiger partial charge in [-0.2, -0.15) is 10.4 Å².